The molecule has 0 fully saturated rings. The van der Waals surface area contributed by atoms with Gasteiger partial charge in [0.2, 0.25) is 5.90 Å². The molecule has 1 atom stereocenters. The van der Waals surface area contributed by atoms with Gasteiger partial charge in [-0.15, -0.1) is 5.10 Å². The fourth-order valence-electron chi connectivity index (χ4n) is 3.35. The Kier molecular flexibility index (Phi) is 8.35. The van der Waals surface area contributed by atoms with Crippen LogP contribution in [0.5, 0.6) is 0 Å². The van der Waals surface area contributed by atoms with Crippen molar-refractivity contribution >= 4 is 47.4 Å². The molecule has 5 nitrogen and oxygen atoms in total. The summed E-state index contributed by atoms with van der Waals surface area (Å²) >= 11 is 18.8. The molecule has 0 radical (unpaired) electrons. The minimum Gasteiger partial charge on any atom is -0.473 e. The predicted octanol–water partition coefficient (Wildman–Crippen LogP) is 7.64. The molecule has 0 aliphatic heterocycles. The van der Waals surface area contributed by atoms with E-state index in [-0.39, 0.29) is 12.5 Å². The first-order chi connectivity index (χ1) is 15.4. The average molecular weight is 492 g/mol. The van der Waals surface area contributed by atoms with E-state index >= 15 is 0 Å². The summed E-state index contributed by atoms with van der Waals surface area (Å²) in [5, 5.41) is 9.46. The molecule has 2 aromatic carbocycles. The number of hydrogen-bond donors (Lipinski definition) is 0. The maximum atomic E-state index is 6.55. The van der Waals surface area contributed by atoms with Gasteiger partial charge in [-0.25, -0.2) is 4.98 Å². The number of rotatable bonds is 8. The Labute approximate surface area is 203 Å². The minimum absolute atomic E-state index is 0.120. The van der Waals surface area contributed by atoms with Gasteiger partial charge in [-0.05, 0) is 55.3 Å². The number of imidazole rings is 1. The molecule has 0 aliphatic rings. The van der Waals surface area contributed by atoms with Crippen molar-refractivity contribution in [1.82, 2.24) is 9.55 Å². The van der Waals surface area contributed by atoms with E-state index in [1.54, 1.807) is 12.1 Å². The van der Waals surface area contributed by atoms with Gasteiger partial charge in [-0.3, -0.25) is 4.57 Å². The van der Waals surface area contributed by atoms with Crippen molar-refractivity contribution < 1.29 is 4.74 Å². The van der Waals surface area contributed by atoms with Crippen LogP contribution in [0.1, 0.15) is 38.6 Å². The second kappa shape index (κ2) is 11.0. The second-order valence-corrected chi connectivity index (χ2v) is 8.58. The number of aromatic nitrogens is 2. The molecule has 0 saturated heterocycles. The number of ether oxygens (including phenoxy) is 1. The number of halogens is 3. The molecular weight excluding hydrogens is 467 g/mol. The maximum absolute atomic E-state index is 6.55. The Morgan fingerprint density at radius 1 is 1.09 bits per heavy atom. The SMILES string of the molecule is C=N/N=C(\OCc1nc(-c2ccc(Cl)cc2Cl)n(-c2ccc(Cl)cc2)c1CC)C(C)CC. The van der Waals surface area contributed by atoms with Crippen LogP contribution in [0.2, 0.25) is 15.1 Å². The molecule has 1 unspecified atom stereocenters. The van der Waals surface area contributed by atoms with Crippen LogP contribution >= 0.6 is 34.8 Å². The molecule has 0 amide bonds. The second-order valence-electron chi connectivity index (χ2n) is 7.30. The third kappa shape index (κ3) is 5.34. The van der Waals surface area contributed by atoms with Gasteiger partial charge < -0.3 is 4.74 Å². The Balaban J connectivity index is 2.13. The van der Waals surface area contributed by atoms with Crippen LogP contribution in [-0.4, -0.2) is 22.2 Å². The predicted molar refractivity (Wildman–Crippen MR) is 135 cm³/mol. The Bertz CT molecular complexity index is 1120. The highest BCUT2D eigenvalue weighted by atomic mass is 35.5. The van der Waals surface area contributed by atoms with Crippen LogP contribution in [0.4, 0.5) is 0 Å². The zero-order chi connectivity index (χ0) is 23.3. The molecule has 1 heterocycles. The summed E-state index contributed by atoms with van der Waals surface area (Å²) < 4.78 is 8.12. The van der Waals surface area contributed by atoms with Crippen molar-refractivity contribution in [3.05, 3.63) is 68.9 Å². The zero-order valence-corrected chi connectivity index (χ0v) is 20.5. The standard InChI is InChI=1S/C24H25Cl3N4O/c1-5-15(3)24(30-28-4)32-14-21-22(6-2)31(18-10-7-16(25)8-11-18)23(29-21)19-12-9-17(26)13-20(19)27/h7-13,15H,4-6,14H2,1-3H3/b30-24-. The molecule has 0 saturated carbocycles. The summed E-state index contributed by atoms with van der Waals surface area (Å²) in [5.41, 5.74) is 3.50. The van der Waals surface area contributed by atoms with Crippen LogP contribution in [0.3, 0.4) is 0 Å². The highest BCUT2D eigenvalue weighted by Gasteiger charge is 2.22. The van der Waals surface area contributed by atoms with Crippen molar-refractivity contribution in [2.75, 3.05) is 0 Å². The number of nitrogens with zero attached hydrogens (tertiary/aromatic N) is 4. The van der Waals surface area contributed by atoms with Crippen molar-refractivity contribution in [3.8, 4) is 17.1 Å². The lowest BCUT2D eigenvalue weighted by atomic mass is 10.1. The molecule has 0 bridgehead atoms. The van der Waals surface area contributed by atoms with Crippen molar-refractivity contribution in [3.63, 3.8) is 0 Å². The van der Waals surface area contributed by atoms with E-state index in [2.05, 4.69) is 35.3 Å². The van der Waals surface area contributed by atoms with Crippen molar-refractivity contribution in [1.29, 1.82) is 0 Å². The lowest BCUT2D eigenvalue weighted by Gasteiger charge is -2.14. The Hall–Kier alpha value is -2.34. The van der Waals surface area contributed by atoms with Gasteiger partial charge in [0.25, 0.3) is 0 Å². The Morgan fingerprint density at radius 3 is 2.38 bits per heavy atom. The first-order valence-corrected chi connectivity index (χ1v) is 11.5. The monoisotopic (exact) mass is 490 g/mol. The molecule has 8 heteroatoms. The van der Waals surface area contributed by atoms with Gasteiger partial charge in [-0.1, -0.05) is 55.6 Å². The van der Waals surface area contributed by atoms with Gasteiger partial charge in [0.15, 0.2) is 0 Å². The molecule has 3 rings (SSSR count). The fourth-order valence-corrected chi connectivity index (χ4v) is 3.97. The summed E-state index contributed by atoms with van der Waals surface area (Å²) in [6.45, 7) is 9.89. The first-order valence-electron chi connectivity index (χ1n) is 10.4. The number of hydrogen-bond acceptors (Lipinski definition) is 4. The van der Waals surface area contributed by atoms with E-state index in [1.165, 1.54) is 0 Å². The van der Waals surface area contributed by atoms with Crippen molar-refractivity contribution in [2.24, 2.45) is 16.1 Å². The summed E-state index contributed by atoms with van der Waals surface area (Å²) in [7, 11) is 0. The van der Waals surface area contributed by atoms with Gasteiger partial charge in [0, 0.05) is 39.6 Å². The highest BCUT2D eigenvalue weighted by Crippen LogP contribution is 2.34. The van der Waals surface area contributed by atoms with Gasteiger partial charge in [0.1, 0.15) is 18.1 Å². The Morgan fingerprint density at radius 2 is 1.78 bits per heavy atom. The molecule has 0 spiro atoms. The molecule has 3 aromatic rings. The number of benzene rings is 2. The lowest BCUT2D eigenvalue weighted by Crippen LogP contribution is -2.15. The van der Waals surface area contributed by atoms with Gasteiger partial charge in [0.05, 0.1) is 5.02 Å². The molecule has 168 valence electrons. The third-order valence-electron chi connectivity index (χ3n) is 5.21. The summed E-state index contributed by atoms with van der Waals surface area (Å²) in [5.74, 6) is 1.36. The molecule has 32 heavy (non-hydrogen) atoms. The van der Waals surface area contributed by atoms with Crippen LogP contribution in [0.15, 0.2) is 52.7 Å². The lowest BCUT2D eigenvalue weighted by molar-refractivity contribution is 0.263. The van der Waals surface area contributed by atoms with Crippen LogP contribution in [0, 0.1) is 5.92 Å². The molecule has 0 aliphatic carbocycles. The third-order valence-corrected chi connectivity index (χ3v) is 6.01. The quantitative estimate of drug-likeness (QED) is 0.185. The van der Waals surface area contributed by atoms with E-state index in [0.29, 0.717) is 26.8 Å². The average Bonchev–Trinajstić information content (AvgIpc) is 3.14. The smallest absolute Gasteiger partial charge is 0.211 e. The van der Waals surface area contributed by atoms with Crippen molar-refractivity contribution in [2.45, 2.75) is 40.2 Å². The topological polar surface area (TPSA) is 51.8 Å². The van der Waals surface area contributed by atoms with Crippen LogP contribution in [-0.2, 0) is 17.8 Å². The van der Waals surface area contributed by atoms with Gasteiger partial charge in [-0.2, -0.15) is 5.10 Å². The normalized spacial score (nSPS) is 12.6. The van der Waals surface area contributed by atoms with E-state index < -0.39 is 0 Å². The zero-order valence-electron chi connectivity index (χ0n) is 18.3. The summed E-state index contributed by atoms with van der Waals surface area (Å²) in [6.07, 6.45) is 1.61. The largest absolute Gasteiger partial charge is 0.473 e. The first kappa shape index (κ1) is 24.3. The highest BCUT2D eigenvalue weighted by molar-refractivity contribution is 6.36. The van der Waals surface area contributed by atoms with E-state index in [0.717, 1.165) is 35.5 Å². The van der Waals surface area contributed by atoms with E-state index in [9.17, 15) is 0 Å². The van der Waals surface area contributed by atoms with Crippen LogP contribution < -0.4 is 0 Å². The fraction of sp³-hybridized carbons (Fsp3) is 0.292. The molecular formula is C24H25Cl3N4O. The molecule has 0 N–H and O–H groups in total. The molecule has 1 aromatic heterocycles. The summed E-state index contributed by atoms with van der Waals surface area (Å²) in [6, 6.07) is 13.0. The van der Waals surface area contributed by atoms with E-state index in [4.69, 9.17) is 44.5 Å². The maximum Gasteiger partial charge on any atom is 0.211 e. The minimum atomic E-state index is 0.120. The van der Waals surface area contributed by atoms with E-state index in [1.807, 2.05) is 37.3 Å². The van der Waals surface area contributed by atoms with Gasteiger partial charge >= 0.3 is 0 Å². The van der Waals surface area contributed by atoms with Crippen LogP contribution in [0.25, 0.3) is 17.1 Å². The summed E-state index contributed by atoms with van der Waals surface area (Å²) in [4.78, 5) is 4.93.